The third-order valence-corrected chi connectivity index (χ3v) is 7.54. The molecule has 9 heteroatoms. The second kappa shape index (κ2) is 10.5. The van der Waals surface area contributed by atoms with Crippen LogP contribution in [0.3, 0.4) is 0 Å². The normalized spacial score (nSPS) is 18.0. The van der Waals surface area contributed by atoms with E-state index in [0.29, 0.717) is 29.0 Å². The molecule has 2 aliphatic rings. The number of benzene rings is 3. The van der Waals surface area contributed by atoms with Crippen LogP contribution in [0.4, 0.5) is 17.1 Å². The monoisotopic (exact) mass is 544 g/mol. The number of nitrogens with one attached hydrogen (secondary N) is 2. The Morgan fingerprint density at radius 3 is 2.49 bits per heavy atom. The summed E-state index contributed by atoms with van der Waals surface area (Å²) in [6, 6.07) is 20.5. The van der Waals surface area contributed by atoms with Gasteiger partial charge in [-0.3, -0.25) is 19.7 Å². The number of halogens is 1. The number of hydrogen-bond acceptors (Lipinski definition) is 6. The number of Topliss-reactive ketones (excluding diaryl/α,β-unsaturated/α-hetero) is 1. The van der Waals surface area contributed by atoms with E-state index in [1.54, 1.807) is 18.2 Å². The van der Waals surface area contributed by atoms with E-state index in [-0.39, 0.29) is 35.9 Å². The van der Waals surface area contributed by atoms with Crippen LogP contribution in [-0.4, -0.2) is 23.2 Å². The molecule has 1 unspecified atom stereocenters. The third-order valence-electron chi connectivity index (χ3n) is 7.17. The molecule has 1 aliphatic heterocycles. The fraction of sp³-hybridized carbons (Fsp3) is 0.267. The molecule has 1 amide bonds. The van der Waals surface area contributed by atoms with Gasteiger partial charge in [0.15, 0.2) is 5.78 Å². The van der Waals surface area contributed by atoms with Crippen molar-refractivity contribution in [3.63, 3.8) is 0 Å². The Kier molecular flexibility index (Phi) is 7.14. The Bertz CT molecular complexity index is 1480. The van der Waals surface area contributed by atoms with Gasteiger partial charge in [-0.25, -0.2) is 0 Å². The van der Waals surface area contributed by atoms with Gasteiger partial charge >= 0.3 is 0 Å². The van der Waals surface area contributed by atoms with E-state index >= 15 is 0 Å². The van der Waals surface area contributed by atoms with E-state index < -0.39 is 11.0 Å². The molecule has 0 aromatic heterocycles. The van der Waals surface area contributed by atoms with Crippen molar-refractivity contribution in [1.29, 1.82) is 0 Å². The lowest BCUT2D eigenvalue weighted by atomic mass is 9.73. The number of fused-ring (bicyclic) bond motifs is 1. The molecule has 0 saturated carbocycles. The van der Waals surface area contributed by atoms with Crippen molar-refractivity contribution in [3.8, 4) is 0 Å². The minimum absolute atomic E-state index is 0.00798. The summed E-state index contributed by atoms with van der Waals surface area (Å²) in [5, 5.41) is 18.4. The third kappa shape index (κ3) is 5.52. The molecule has 200 valence electrons. The number of nitrogens with zero attached hydrogens (tertiary/aromatic N) is 2. The molecule has 0 saturated heterocycles. The second-order valence-corrected chi connectivity index (χ2v) is 11.1. The second-order valence-electron chi connectivity index (χ2n) is 10.7. The van der Waals surface area contributed by atoms with Crippen molar-refractivity contribution in [1.82, 2.24) is 5.32 Å². The molecule has 1 atom stereocenters. The molecule has 1 heterocycles. The molecular formula is C30H29ClN4O4. The van der Waals surface area contributed by atoms with Crippen LogP contribution in [-0.2, 0) is 16.1 Å². The quantitative estimate of drug-likeness (QED) is 0.283. The molecular weight excluding hydrogens is 516 g/mol. The Balaban J connectivity index is 1.58. The number of hydrogen-bond donors (Lipinski definition) is 2. The van der Waals surface area contributed by atoms with Gasteiger partial charge in [0, 0.05) is 41.4 Å². The lowest BCUT2D eigenvalue weighted by Gasteiger charge is -2.37. The van der Waals surface area contributed by atoms with Crippen LogP contribution in [0.1, 0.15) is 43.9 Å². The Morgan fingerprint density at radius 2 is 1.77 bits per heavy atom. The van der Waals surface area contributed by atoms with Gasteiger partial charge in [-0.1, -0.05) is 55.8 Å². The molecule has 0 bridgehead atoms. The van der Waals surface area contributed by atoms with Gasteiger partial charge < -0.3 is 15.5 Å². The molecule has 39 heavy (non-hydrogen) atoms. The first-order valence-electron chi connectivity index (χ1n) is 12.8. The van der Waals surface area contributed by atoms with Gasteiger partial charge in [0.2, 0.25) is 5.91 Å². The number of rotatable bonds is 6. The molecule has 3 aromatic rings. The first-order chi connectivity index (χ1) is 18.6. The molecule has 1 aliphatic carbocycles. The predicted octanol–water partition coefficient (Wildman–Crippen LogP) is 6.18. The van der Waals surface area contributed by atoms with Crippen molar-refractivity contribution in [2.24, 2.45) is 5.41 Å². The van der Waals surface area contributed by atoms with Gasteiger partial charge in [0.25, 0.3) is 5.69 Å². The number of nitro groups is 1. The van der Waals surface area contributed by atoms with Crippen molar-refractivity contribution in [3.05, 3.63) is 110 Å². The number of amides is 1. The molecule has 2 N–H and O–H groups in total. The smallest absolute Gasteiger partial charge is 0.269 e. The zero-order chi connectivity index (χ0) is 27.7. The summed E-state index contributed by atoms with van der Waals surface area (Å²) in [5.41, 5.74) is 4.15. The first-order valence-corrected chi connectivity index (χ1v) is 13.1. The Labute approximate surface area is 231 Å². The first kappa shape index (κ1) is 26.4. The van der Waals surface area contributed by atoms with Crippen LogP contribution >= 0.6 is 11.6 Å². The van der Waals surface area contributed by atoms with Crippen LogP contribution in [0.5, 0.6) is 0 Å². The Morgan fingerprint density at radius 1 is 1.08 bits per heavy atom. The molecule has 8 nitrogen and oxygen atoms in total. The lowest BCUT2D eigenvalue weighted by molar-refractivity contribution is -0.384. The largest absolute Gasteiger partial charge is 0.357 e. The van der Waals surface area contributed by atoms with Crippen LogP contribution in [0.25, 0.3) is 0 Å². The number of carbonyl (C=O) groups excluding carboxylic acids is 2. The standard InChI is InChI=1S/C30H29ClN4O4/c1-30(2)15-24-28(26(36)16-30)29(19-11-13-21(14-12-19)35(38)39)34(25-10-6-5-9-23(25)33-24)18-27(37)32-17-20-7-3-4-8-22(20)31/h3-14,29,33H,15-18H2,1-2H3,(H,32,37). The zero-order valence-electron chi connectivity index (χ0n) is 21.7. The highest BCUT2D eigenvalue weighted by Gasteiger charge is 2.42. The summed E-state index contributed by atoms with van der Waals surface area (Å²) in [6.07, 6.45) is 1.01. The highest BCUT2D eigenvalue weighted by Crippen LogP contribution is 2.48. The molecule has 3 aromatic carbocycles. The van der Waals surface area contributed by atoms with Crippen LogP contribution in [0.2, 0.25) is 5.02 Å². The van der Waals surface area contributed by atoms with E-state index in [0.717, 1.165) is 22.6 Å². The maximum absolute atomic E-state index is 13.7. The topological polar surface area (TPSA) is 105 Å². The van der Waals surface area contributed by atoms with Crippen molar-refractivity contribution in [2.45, 2.75) is 39.3 Å². The summed E-state index contributed by atoms with van der Waals surface area (Å²) < 4.78 is 0. The fourth-order valence-corrected chi connectivity index (χ4v) is 5.60. The summed E-state index contributed by atoms with van der Waals surface area (Å²) in [4.78, 5) is 39.9. The van der Waals surface area contributed by atoms with Crippen LogP contribution < -0.4 is 15.5 Å². The maximum Gasteiger partial charge on any atom is 0.269 e. The van der Waals surface area contributed by atoms with E-state index in [2.05, 4.69) is 24.5 Å². The summed E-state index contributed by atoms with van der Waals surface area (Å²) in [7, 11) is 0. The van der Waals surface area contributed by atoms with Crippen LogP contribution in [0.15, 0.2) is 84.1 Å². The Hall–Kier alpha value is -4.17. The number of anilines is 2. The van der Waals surface area contributed by atoms with E-state index in [4.69, 9.17) is 11.6 Å². The van der Waals surface area contributed by atoms with E-state index in [9.17, 15) is 19.7 Å². The van der Waals surface area contributed by atoms with Gasteiger partial charge in [0.1, 0.15) is 0 Å². The van der Waals surface area contributed by atoms with Gasteiger partial charge in [-0.15, -0.1) is 0 Å². The predicted molar refractivity (Wildman–Crippen MR) is 152 cm³/mol. The summed E-state index contributed by atoms with van der Waals surface area (Å²) in [5.74, 6) is -0.254. The number of nitro benzene ring substituents is 1. The van der Waals surface area contributed by atoms with Gasteiger partial charge in [0.05, 0.1) is 28.9 Å². The average Bonchev–Trinajstić information content (AvgIpc) is 3.02. The van der Waals surface area contributed by atoms with Crippen molar-refractivity contribution in [2.75, 3.05) is 16.8 Å². The number of para-hydroxylation sites is 2. The lowest BCUT2D eigenvalue weighted by Crippen LogP contribution is -2.41. The molecule has 0 spiro atoms. The SMILES string of the molecule is CC1(C)CC(=O)C2=C(C1)Nc1ccccc1N(CC(=O)NCc1ccccc1Cl)C2c1ccc([N+](=O)[O-])cc1. The number of allylic oxidation sites excluding steroid dienone is 1. The van der Waals surface area contributed by atoms with E-state index in [1.807, 2.05) is 47.4 Å². The van der Waals surface area contributed by atoms with Crippen LogP contribution in [0, 0.1) is 15.5 Å². The molecule has 0 radical (unpaired) electrons. The zero-order valence-corrected chi connectivity index (χ0v) is 22.5. The highest BCUT2D eigenvalue weighted by molar-refractivity contribution is 6.31. The molecule has 0 fully saturated rings. The summed E-state index contributed by atoms with van der Waals surface area (Å²) >= 11 is 6.28. The fourth-order valence-electron chi connectivity index (χ4n) is 5.40. The highest BCUT2D eigenvalue weighted by atomic mass is 35.5. The minimum atomic E-state index is -0.619. The number of non-ortho nitro benzene ring substituents is 1. The summed E-state index contributed by atoms with van der Waals surface area (Å²) in [6.45, 7) is 4.34. The van der Waals surface area contributed by atoms with Gasteiger partial charge in [-0.2, -0.15) is 0 Å². The average molecular weight is 545 g/mol. The number of carbonyl (C=O) groups is 2. The van der Waals surface area contributed by atoms with Gasteiger partial charge in [-0.05, 0) is 53.3 Å². The maximum atomic E-state index is 13.7. The molecule has 5 rings (SSSR count). The minimum Gasteiger partial charge on any atom is -0.357 e. The van der Waals surface area contributed by atoms with Crippen molar-refractivity contribution < 1.29 is 14.5 Å². The van der Waals surface area contributed by atoms with Crippen molar-refractivity contribution >= 4 is 40.4 Å². The number of ketones is 1. The van der Waals surface area contributed by atoms with E-state index in [1.165, 1.54) is 12.1 Å².